The van der Waals surface area contributed by atoms with Gasteiger partial charge >= 0.3 is 0 Å². The van der Waals surface area contributed by atoms with Crippen LogP contribution in [0.15, 0.2) is 55.0 Å². The van der Waals surface area contributed by atoms with E-state index in [0.717, 1.165) is 35.7 Å². The van der Waals surface area contributed by atoms with Gasteiger partial charge in [-0.05, 0) is 30.7 Å². The first kappa shape index (κ1) is 19.6. The number of imidazole rings is 1. The number of aliphatic hydroxyl groups excluding tert-OH is 1. The average Bonchev–Trinajstić information content (AvgIpc) is 3.42. The normalized spacial score (nSPS) is 16.1. The van der Waals surface area contributed by atoms with E-state index < -0.39 is 0 Å². The molecule has 1 atom stereocenters. The quantitative estimate of drug-likeness (QED) is 0.492. The van der Waals surface area contributed by atoms with Crippen LogP contribution in [0.2, 0.25) is 5.02 Å². The molecule has 5 rings (SSSR count). The molecule has 0 spiro atoms. The van der Waals surface area contributed by atoms with Crippen molar-refractivity contribution in [1.82, 2.24) is 19.4 Å². The van der Waals surface area contributed by atoms with Gasteiger partial charge in [0, 0.05) is 31.0 Å². The van der Waals surface area contributed by atoms with Crippen LogP contribution in [0.1, 0.15) is 6.42 Å². The number of nitrogens with zero attached hydrogens (tertiary/aromatic N) is 5. The number of methoxy groups -OCH3 is 1. The van der Waals surface area contributed by atoms with Gasteiger partial charge in [0.2, 0.25) is 5.95 Å². The van der Waals surface area contributed by atoms with Gasteiger partial charge in [-0.25, -0.2) is 15.0 Å². The summed E-state index contributed by atoms with van der Waals surface area (Å²) in [6, 6.07) is 11.6. The van der Waals surface area contributed by atoms with Gasteiger partial charge in [0.25, 0.3) is 0 Å². The zero-order valence-corrected chi connectivity index (χ0v) is 17.6. The van der Waals surface area contributed by atoms with Crippen molar-refractivity contribution in [2.45, 2.75) is 12.5 Å². The minimum Gasteiger partial charge on any atom is -0.494 e. The summed E-state index contributed by atoms with van der Waals surface area (Å²) in [7, 11) is 1.62. The van der Waals surface area contributed by atoms with E-state index in [1.54, 1.807) is 19.5 Å². The van der Waals surface area contributed by atoms with Gasteiger partial charge < -0.3 is 20.1 Å². The van der Waals surface area contributed by atoms with E-state index in [-0.39, 0.29) is 6.10 Å². The summed E-state index contributed by atoms with van der Waals surface area (Å²) in [5.74, 6) is 1.06. The predicted octanol–water partition coefficient (Wildman–Crippen LogP) is 3.77. The van der Waals surface area contributed by atoms with E-state index in [0.29, 0.717) is 29.0 Å². The number of benzene rings is 1. The molecule has 158 valence electrons. The molecular weight excluding hydrogens is 416 g/mol. The molecule has 0 unspecified atom stereocenters. The first-order chi connectivity index (χ1) is 15.1. The van der Waals surface area contributed by atoms with Crippen molar-refractivity contribution in [3.63, 3.8) is 0 Å². The summed E-state index contributed by atoms with van der Waals surface area (Å²) in [5.41, 5.74) is 3.91. The van der Waals surface area contributed by atoms with Gasteiger partial charge in [-0.2, -0.15) is 0 Å². The van der Waals surface area contributed by atoms with Crippen LogP contribution in [0.5, 0.6) is 5.75 Å². The third-order valence-electron chi connectivity index (χ3n) is 5.36. The Bertz CT molecular complexity index is 1240. The number of anilines is 3. The fourth-order valence-electron chi connectivity index (χ4n) is 3.79. The highest BCUT2D eigenvalue weighted by molar-refractivity contribution is 6.32. The van der Waals surface area contributed by atoms with Crippen molar-refractivity contribution < 1.29 is 9.84 Å². The largest absolute Gasteiger partial charge is 0.494 e. The first-order valence-corrected chi connectivity index (χ1v) is 10.3. The number of pyridine rings is 1. The van der Waals surface area contributed by atoms with Crippen LogP contribution < -0.4 is 15.0 Å². The fraction of sp³-hybridized carbons (Fsp3) is 0.227. The molecule has 31 heavy (non-hydrogen) atoms. The Balaban J connectivity index is 1.46. The summed E-state index contributed by atoms with van der Waals surface area (Å²) < 4.78 is 7.51. The van der Waals surface area contributed by atoms with Crippen LogP contribution in [0.3, 0.4) is 0 Å². The molecule has 1 aromatic carbocycles. The van der Waals surface area contributed by atoms with Gasteiger partial charge in [-0.15, -0.1) is 0 Å². The van der Waals surface area contributed by atoms with E-state index in [2.05, 4.69) is 25.2 Å². The second-order valence-electron chi connectivity index (χ2n) is 7.36. The maximum absolute atomic E-state index is 9.81. The number of aliphatic hydroxyl groups is 1. The minimum atomic E-state index is -0.288. The smallest absolute Gasteiger partial charge is 0.227 e. The lowest BCUT2D eigenvalue weighted by Gasteiger charge is -2.20. The predicted molar refractivity (Wildman–Crippen MR) is 120 cm³/mol. The monoisotopic (exact) mass is 436 g/mol. The maximum Gasteiger partial charge on any atom is 0.227 e. The molecule has 1 aliphatic heterocycles. The Morgan fingerprint density at radius 2 is 2.10 bits per heavy atom. The molecule has 0 radical (unpaired) electrons. The molecule has 0 aliphatic carbocycles. The zero-order chi connectivity index (χ0) is 21.4. The van der Waals surface area contributed by atoms with E-state index in [1.807, 2.05) is 47.0 Å². The number of halogens is 1. The van der Waals surface area contributed by atoms with Gasteiger partial charge in [0.15, 0.2) is 0 Å². The molecule has 0 bridgehead atoms. The minimum absolute atomic E-state index is 0.288. The molecule has 0 saturated carbocycles. The lowest BCUT2D eigenvalue weighted by molar-refractivity contribution is 0.198. The van der Waals surface area contributed by atoms with Crippen LogP contribution in [0.25, 0.3) is 17.0 Å². The van der Waals surface area contributed by atoms with Crippen LogP contribution in [0, 0.1) is 0 Å². The highest BCUT2D eigenvalue weighted by Gasteiger charge is 2.21. The fourth-order valence-corrected chi connectivity index (χ4v) is 3.98. The Morgan fingerprint density at radius 1 is 1.19 bits per heavy atom. The lowest BCUT2D eigenvalue weighted by atomic mass is 10.2. The molecule has 1 saturated heterocycles. The van der Waals surface area contributed by atoms with Gasteiger partial charge in [-0.3, -0.25) is 4.40 Å². The van der Waals surface area contributed by atoms with Crippen LogP contribution in [0.4, 0.5) is 17.3 Å². The lowest BCUT2D eigenvalue weighted by Crippen LogP contribution is -2.21. The number of β-amino-alcohol motifs (C(OH)–C–C–N with tert-alkyl or cyclic N) is 1. The zero-order valence-electron chi connectivity index (χ0n) is 16.9. The number of rotatable bonds is 5. The molecule has 3 aromatic heterocycles. The molecule has 4 heterocycles. The first-order valence-electron chi connectivity index (χ1n) is 9.95. The summed E-state index contributed by atoms with van der Waals surface area (Å²) in [6.45, 7) is 1.44. The van der Waals surface area contributed by atoms with Crippen LogP contribution in [-0.4, -0.2) is 50.8 Å². The molecular formula is C22H21ClN6O2. The Labute approximate surface area is 184 Å². The van der Waals surface area contributed by atoms with E-state index in [1.165, 1.54) is 0 Å². The average molecular weight is 437 g/mol. The number of fused-ring (bicyclic) bond motifs is 1. The topological polar surface area (TPSA) is 87.8 Å². The highest BCUT2D eigenvalue weighted by atomic mass is 35.5. The van der Waals surface area contributed by atoms with Crippen LogP contribution >= 0.6 is 11.6 Å². The third kappa shape index (κ3) is 3.75. The molecule has 8 nitrogen and oxygen atoms in total. The molecule has 2 N–H and O–H groups in total. The summed E-state index contributed by atoms with van der Waals surface area (Å²) in [6.07, 6.45) is 5.71. The van der Waals surface area contributed by atoms with Gasteiger partial charge in [-0.1, -0.05) is 17.7 Å². The van der Waals surface area contributed by atoms with Crippen molar-refractivity contribution >= 4 is 34.6 Å². The van der Waals surface area contributed by atoms with Crippen LogP contribution in [-0.2, 0) is 0 Å². The molecule has 1 aliphatic rings. The second kappa shape index (κ2) is 8.05. The van der Waals surface area contributed by atoms with Gasteiger partial charge in [0.1, 0.15) is 17.1 Å². The van der Waals surface area contributed by atoms with Crippen molar-refractivity contribution in [3.8, 4) is 17.1 Å². The summed E-state index contributed by atoms with van der Waals surface area (Å²) in [4.78, 5) is 15.5. The Morgan fingerprint density at radius 3 is 2.90 bits per heavy atom. The summed E-state index contributed by atoms with van der Waals surface area (Å²) >= 11 is 6.41. The standard InChI is InChI=1S/C22H21ClN6O2/c1-31-19-10-14(28-9-7-15(30)13-28)5-6-17(19)26-22-25-11-16(23)21(27-22)18-12-24-20-4-2-3-8-29(18)20/h2-6,8,10-12,15,30H,7,9,13H2,1H3,(H,25,26,27)/t15-/m0/s1. The van der Waals surface area contributed by atoms with E-state index in [4.69, 9.17) is 16.3 Å². The highest BCUT2D eigenvalue weighted by Crippen LogP contribution is 2.34. The number of aromatic nitrogens is 4. The van der Waals surface area contributed by atoms with E-state index >= 15 is 0 Å². The third-order valence-corrected chi connectivity index (χ3v) is 5.64. The molecule has 0 amide bonds. The van der Waals surface area contributed by atoms with Crippen molar-refractivity contribution in [2.75, 3.05) is 30.4 Å². The maximum atomic E-state index is 9.81. The summed E-state index contributed by atoms with van der Waals surface area (Å²) in [5, 5.41) is 13.5. The van der Waals surface area contributed by atoms with E-state index in [9.17, 15) is 5.11 Å². The number of hydrogen-bond acceptors (Lipinski definition) is 7. The molecule has 9 heteroatoms. The van der Waals surface area contributed by atoms with Crippen molar-refractivity contribution in [3.05, 3.63) is 60.0 Å². The van der Waals surface area contributed by atoms with Crippen molar-refractivity contribution in [1.29, 1.82) is 0 Å². The Kier molecular flexibility index (Phi) is 5.09. The SMILES string of the molecule is COc1cc(N2CC[C@H](O)C2)ccc1Nc1ncc(Cl)c(-c2cnc3ccccn23)n1. The number of ether oxygens (including phenoxy) is 1. The molecule has 4 aromatic rings. The Hall–Kier alpha value is -3.36. The molecule has 1 fully saturated rings. The number of hydrogen-bond donors (Lipinski definition) is 2. The van der Waals surface area contributed by atoms with Gasteiger partial charge in [0.05, 0.1) is 42.0 Å². The van der Waals surface area contributed by atoms with Crippen molar-refractivity contribution in [2.24, 2.45) is 0 Å². The second-order valence-corrected chi connectivity index (χ2v) is 7.77. The number of nitrogens with one attached hydrogen (secondary N) is 1.